The molecule has 1 aliphatic rings. The second-order valence-electron chi connectivity index (χ2n) is 5.75. The van der Waals surface area contributed by atoms with E-state index >= 15 is 0 Å². The van der Waals surface area contributed by atoms with Gasteiger partial charge in [0.1, 0.15) is 16.3 Å². The first-order valence-corrected chi connectivity index (χ1v) is 9.61. The third-order valence-corrected chi connectivity index (χ3v) is 5.79. The summed E-state index contributed by atoms with van der Waals surface area (Å²) in [4.78, 5) is 42.5. The van der Waals surface area contributed by atoms with Crippen LogP contribution in [0.5, 0.6) is 0 Å². The standard InChI is InChI=1S/C16H15N5O2S2/c1-9-19-11(8-25-9)13-18-7-10(14(22)20-13)16(23)21-5-2-3-12(21)15-17-4-6-24-15/h4,6-8,12H,2-3,5H2,1H3,(H,18,20,22)/t12-/m0/s1. The molecule has 1 atom stereocenters. The first kappa shape index (κ1) is 16.1. The molecule has 0 aromatic carbocycles. The van der Waals surface area contributed by atoms with Crippen LogP contribution >= 0.6 is 22.7 Å². The molecule has 0 aliphatic carbocycles. The highest BCUT2D eigenvalue weighted by atomic mass is 32.1. The fourth-order valence-corrected chi connectivity index (χ4v) is 4.35. The van der Waals surface area contributed by atoms with Crippen LogP contribution in [-0.2, 0) is 0 Å². The van der Waals surface area contributed by atoms with Crippen LogP contribution in [0.1, 0.15) is 39.3 Å². The van der Waals surface area contributed by atoms with Gasteiger partial charge in [-0.25, -0.2) is 15.0 Å². The topological polar surface area (TPSA) is 91.8 Å². The summed E-state index contributed by atoms with van der Waals surface area (Å²) >= 11 is 3.01. The van der Waals surface area contributed by atoms with E-state index < -0.39 is 5.56 Å². The Kier molecular flexibility index (Phi) is 4.18. The lowest BCUT2D eigenvalue weighted by atomic mass is 10.2. The SMILES string of the molecule is Cc1nc(-c2ncc(C(=O)N3CCC[C@H]3c3nccs3)c(=O)[nH]2)cs1. The molecule has 4 heterocycles. The Balaban J connectivity index is 1.63. The predicted molar refractivity (Wildman–Crippen MR) is 95.8 cm³/mol. The zero-order valence-electron chi connectivity index (χ0n) is 13.4. The quantitative estimate of drug-likeness (QED) is 0.762. The third-order valence-electron chi connectivity index (χ3n) is 4.14. The van der Waals surface area contributed by atoms with Crippen LogP contribution < -0.4 is 5.56 Å². The lowest BCUT2D eigenvalue weighted by Gasteiger charge is -2.22. The van der Waals surface area contributed by atoms with Gasteiger partial charge in [0.05, 0.1) is 11.0 Å². The summed E-state index contributed by atoms with van der Waals surface area (Å²) in [5, 5.41) is 5.52. The van der Waals surface area contributed by atoms with Gasteiger partial charge in [-0.3, -0.25) is 9.59 Å². The average Bonchev–Trinajstić information content (AvgIpc) is 3.34. The second-order valence-corrected chi connectivity index (χ2v) is 7.74. The van der Waals surface area contributed by atoms with Crippen molar-refractivity contribution in [3.63, 3.8) is 0 Å². The van der Waals surface area contributed by atoms with Crippen LogP contribution in [0.3, 0.4) is 0 Å². The predicted octanol–water partition coefficient (Wildman–Crippen LogP) is 2.64. The number of aryl methyl sites for hydroxylation is 1. The summed E-state index contributed by atoms with van der Waals surface area (Å²) in [6.07, 6.45) is 4.85. The van der Waals surface area contributed by atoms with Gasteiger partial charge in [-0.05, 0) is 19.8 Å². The average molecular weight is 373 g/mol. The third kappa shape index (κ3) is 3.00. The molecular weight excluding hydrogens is 358 g/mol. The van der Waals surface area contributed by atoms with Crippen molar-refractivity contribution in [2.45, 2.75) is 25.8 Å². The van der Waals surface area contributed by atoms with Crippen LogP contribution in [0.4, 0.5) is 0 Å². The summed E-state index contributed by atoms with van der Waals surface area (Å²) in [5.41, 5.74) is 0.227. The molecular formula is C16H15N5O2S2. The van der Waals surface area contributed by atoms with Crippen molar-refractivity contribution in [3.8, 4) is 11.5 Å². The maximum atomic E-state index is 12.9. The molecule has 3 aromatic rings. The summed E-state index contributed by atoms with van der Waals surface area (Å²) in [7, 11) is 0. The molecule has 7 nitrogen and oxygen atoms in total. The normalized spacial score (nSPS) is 17.2. The zero-order chi connectivity index (χ0) is 17.4. The van der Waals surface area contributed by atoms with Crippen molar-refractivity contribution in [1.29, 1.82) is 0 Å². The van der Waals surface area contributed by atoms with Crippen LogP contribution in [0, 0.1) is 6.92 Å². The molecule has 1 amide bonds. The number of hydrogen-bond donors (Lipinski definition) is 1. The summed E-state index contributed by atoms with van der Waals surface area (Å²) < 4.78 is 0. The van der Waals surface area contributed by atoms with Gasteiger partial charge in [0.15, 0.2) is 5.82 Å². The lowest BCUT2D eigenvalue weighted by Crippen LogP contribution is -2.34. The van der Waals surface area contributed by atoms with Gasteiger partial charge < -0.3 is 9.88 Å². The highest BCUT2D eigenvalue weighted by molar-refractivity contribution is 7.10. The largest absolute Gasteiger partial charge is 0.329 e. The molecule has 3 aromatic heterocycles. The molecule has 0 bridgehead atoms. The molecule has 1 aliphatic heterocycles. The molecule has 0 saturated carbocycles. The number of aromatic nitrogens is 4. The number of carbonyl (C=O) groups is 1. The fraction of sp³-hybridized carbons (Fsp3) is 0.312. The van der Waals surface area contributed by atoms with Crippen LogP contribution in [0.2, 0.25) is 0 Å². The van der Waals surface area contributed by atoms with E-state index in [9.17, 15) is 9.59 Å². The number of nitrogens with one attached hydrogen (secondary N) is 1. The maximum Gasteiger partial charge on any atom is 0.264 e. The van der Waals surface area contributed by atoms with Crippen LogP contribution in [0.25, 0.3) is 11.5 Å². The van der Waals surface area contributed by atoms with E-state index in [0.29, 0.717) is 18.1 Å². The summed E-state index contributed by atoms with van der Waals surface area (Å²) in [5.74, 6) is 0.0799. The zero-order valence-corrected chi connectivity index (χ0v) is 15.1. The van der Waals surface area contributed by atoms with Gasteiger partial charge in [0.25, 0.3) is 11.5 Å². The minimum atomic E-state index is -0.439. The van der Waals surface area contributed by atoms with Crippen LogP contribution in [0.15, 0.2) is 27.9 Å². The van der Waals surface area contributed by atoms with Crippen molar-refractivity contribution >= 4 is 28.6 Å². The Morgan fingerprint density at radius 1 is 1.36 bits per heavy atom. The lowest BCUT2D eigenvalue weighted by molar-refractivity contribution is 0.0733. The number of hydrogen-bond acceptors (Lipinski definition) is 7. The Hall–Kier alpha value is -2.39. The highest BCUT2D eigenvalue weighted by Crippen LogP contribution is 2.33. The number of thiazole rings is 2. The number of nitrogens with zero attached hydrogens (tertiary/aromatic N) is 4. The summed E-state index contributed by atoms with van der Waals surface area (Å²) in [6, 6.07) is -0.0623. The minimum absolute atomic E-state index is 0.0548. The Bertz CT molecular complexity index is 963. The Morgan fingerprint density at radius 2 is 2.24 bits per heavy atom. The van der Waals surface area contributed by atoms with Gasteiger partial charge in [0.2, 0.25) is 0 Å². The maximum absolute atomic E-state index is 12.9. The molecule has 4 rings (SSSR count). The number of carbonyl (C=O) groups excluding carboxylic acids is 1. The van der Waals surface area contributed by atoms with Crippen molar-refractivity contribution in [3.05, 3.63) is 49.1 Å². The first-order valence-electron chi connectivity index (χ1n) is 7.85. The van der Waals surface area contributed by atoms with Gasteiger partial charge >= 0.3 is 0 Å². The van der Waals surface area contributed by atoms with Crippen LogP contribution in [-0.4, -0.2) is 37.3 Å². The van der Waals surface area contributed by atoms with Gasteiger partial charge in [-0.15, -0.1) is 22.7 Å². The smallest absolute Gasteiger partial charge is 0.264 e. The van der Waals surface area contributed by atoms with E-state index in [4.69, 9.17) is 0 Å². The Morgan fingerprint density at radius 3 is 2.92 bits per heavy atom. The van der Waals surface area contributed by atoms with E-state index in [1.807, 2.05) is 17.7 Å². The molecule has 128 valence electrons. The number of likely N-dealkylation sites (tertiary alicyclic amines) is 1. The fourth-order valence-electron chi connectivity index (χ4n) is 2.97. The molecule has 0 unspecified atom stereocenters. The number of H-pyrrole nitrogens is 1. The second kappa shape index (κ2) is 6.49. The molecule has 9 heteroatoms. The van der Waals surface area contributed by atoms with Crippen molar-refractivity contribution in [2.75, 3.05) is 6.54 Å². The van der Waals surface area contributed by atoms with E-state index in [1.54, 1.807) is 11.1 Å². The number of amides is 1. The molecule has 1 N–H and O–H groups in total. The van der Waals surface area contributed by atoms with Gasteiger partial charge in [-0.1, -0.05) is 0 Å². The van der Waals surface area contributed by atoms with E-state index in [2.05, 4.69) is 19.9 Å². The van der Waals surface area contributed by atoms with Gasteiger partial charge in [0, 0.05) is 29.7 Å². The van der Waals surface area contributed by atoms with E-state index in [0.717, 1.165) is 22.9 Å². The van der Waals surface area contributed by atoms with E-state index in [-0.39, 0.29) is 17.5 Å². The Labute approximate surface area is 151 Å². The number of aromatic amines is 1. The summed E-state index contributed by atoms with van der Waals surface area (Å²) in [6.45, 7) is 2.51. The van der Waals surface area contributed by atoms with Crippen molar-refractivity contribution in [2.24, 2.45) is 0 Å². The number of rotatable bonds is 3. The molecule has 0 radical (unpaired) electrons. The molecule has 0 spiro atoms. The van der Waals surface area contributed by atoms with Crippen molar-refractivity contribution in [1.82, 2.24) is 24.8 Å². The monoisotopic (exact) mass is 373 g/mol. The van der Waals surface area contributed by atoms with Crippen molar-refractivity contribution < 1.29 is 4.79 Å². The van der Waals surface area contributed by atoms with E-state index in [1.165, 1.54) is 28.9 Å². The first-order chi connectivity index (χ1) is 12.1. The van der Waals surface area contributed by atoms with Gasteiger partial charge in [-0.2, -0.15) is 0 Å². The molecule has 25 heavy (non-hydrogen) atoms. The highest BCUT2D eigenvalue weighted by Gasteiger charge is 2.33. The molecule has 1 fully saturated rings. The molecule has 1 saturated heterocycles. The minimum Gasteiger partial charge on any atom is -0.329 e.